The average molecular weight is 475 g/mol. The van der Waals surface area contributed by atoms with Gasteiger partial charge in [0.05, 0.1) is 17.9 Å². The highest BCUT2D eigenvalue weighted by Crippen LogP contribution is 2.30. The van der Waals surface area contributed by atoms with Crippen molar-refractivity contribution in [2.75, 3.05) is 11.1 Å². The van der Waals surface area contributed by atoms with E-state index in [2.05, 4.69) is 27.4 Å². The van der Waals surface area contributed by atoms with E-state index in [9.17, 15) is 22.8 Å². The zero-order valence-electron chi connectivity index (χ0n) is 17.3. The van der Waals surface area contributed by atoms with Crippen molar-refractivity contribution >= 4 is 29.3 Å². The molecule has 0 aliphatic carbocycles. The third kappa shape index (κ3) is 6.69. The first-order valence-electron chi connectivity index (χ1n) is 9.74. The van der Waals surface area contributed by atoms with E-state index in [1.54, 1.807) is 34.9 Å². The van der Waals surface area contributed by atoms with Gasteiger partial charge in [0.1, 0.15) is 0 Å². The fraction of sp³-hybridized carbons (Fsp3) is 0.182. The van der Waals surface area contributed by atoms with Crippen LogP contribution in [-0.2, 0) is 24.1 Å². The number of allylic oxidation sites excluding steroid dienone is 1. The van der Waals surface area contributed by atoms with Gasteiger partial charge in [0.25, 0.3) is 5.91 Å². The van der Waals surface area contributed by atoms with Crippen LogP contribution in [0.1, 0.15) is 21.7 Å². The van der Waals surface area contributed by atoms with Gasteiger partial charge < -0.3 is 15.2 Å². The Balaban J connectivity index is 1.60. The van der Waals surface area contributed by atoms with Crippen LogP contribution < -0.4 is 10.6 Å². The third-order valence-electron chi connectivity index (χ3n) is 4.35. The number of nitrogens with zero attached hydrogens (tertiary/aromatic N) is 3. The first kappa shape index (κ1) is 24.1. The van der Waals surface area contributed by atoms with Crippen LogP contribution in [0.2, 0.25) is 0 Å². The summed E-state index contributed by atoms with van der Waals surface area (Å²) >= 11 is 1.07. The normalized spacial score (nSPS) is 11.1. The number of nitrogens with one attached hydrogen (secondary N) is 2. The molecule has 1 aromatic heterocycles. The minimum Gasteiger partial charge on any atom is -0.345 e. The predicted octanol–water partition coefficient (Wildman–Crippen LogP) is 4.14. The van der Waals surface area contributed by atoms with Crippen LogP contribution in [0.25, 0.3) is 0 Å². The van der Waals surface area contributed by atoms with Crippen molar-refractivity contribution in [3.8, 4) is 0 Å². The van der Waals surface area contributed by atoms with Gasteiger partial charge in [0.15, 0.2) is 11.0 Å². The minimum atomic E-state index is -4.50. The summed E-state index contributed by atoms with van der Waals surface area (Å²) in [5, 5.41) is 13.8. The monoisotopic (exact) mass is 475 g/mol. The summed E-state index contributed by atoms with van der Waals surface area (Å²) in [7, 11) is 0. The van der Waals surface area contributed by atoms with Gasteiger partial charge in [-0.3, -0.25) is 9.59 Å². The van der Waals surface area contributed by atoms with Gasteiger partial charge in [-0.15, -0.1) is 16.8 Å². The number of carbonyl (C=O) groups is 2. The predicted molar refractivity (Wildman–Crippen MR) is 119 cm³/mol. The lowest BCUT2D eigenvalue weighted by Crippen LogP contribution is -2.24. The summed E-state index contributed by atoms with van der Waals surface area (Å²) in [5.41, 5.74) is -0.290. The van der Waals surface area contributed by atoms with Gasteiger partial charge >= 0.3 is 6.18 Å². The molecule has 0 saturated carbocycles. The lowest BCUT2D eigenvalue weighted by atomic mass is 10.2. The summed E-state index contributed by atoms with van der Waals surface area (Å²) in [6.45, 7) is 4.16. The van der Waals surface area contributed by atoms with Crippen molar-refractivity contribution in [1.82, 2.24) is 20.1 Å². The number of anilines is 1. The Kier molecular flexibility index (Phi) is 7.88. The number of benzene rings is 2. The molecular weight excluding hydrogens is 455 g/mol. The van der Waals surface area contributed by atoms with Crippen molar-refractivity contribution in [2.45, 2.75) is 24.4 Å². The van der Waals surface area contributed by atoms with Crippen molar-refractivity contribution < 1.29 is 22.8 Å². The molecule has 7 nitrogen and oxygen atoms in total. The molecule has 2 N–H and O–H groups in total. The van der Waals surface area contributed by atoms with E-state index in [1.807, 2.05) is 6.07 Å². The van der Waals surface area contributed by atoms with Crippen molar-refractivity contribution in [3.63, 3.8) is 0 Å². The van der Waals surface area contributed by atoms with Gasteiger partial charge in [-0.1, -0.05) is 42.1 Å². The Morgan fingerprint density at radius 1 is 1.09 bits per heavy atom. The van der Waals surface area contributed by atoms with Gasteiger partial charge in [-0.05, 0) is 30.3 Å². The second-order valence-electron chi connectivity index (χ2n) is 6.76. The number of aromatic nitrogens is 3. The topological polar surface area (TPSA) is 88.9 Å². The summed E-state index contributed by atoms with van der Waals surface area (Å²) in [5.74, 6) is -0.383. The molecule has 0 bridgehead atoms. The molecule has 11 heteroatoms. The summed E-state index contributed by atoms with van der Waals surface area (Å²) in [4.78, 5) is 24.5. The molecule has 0 spiro atoms. The molecule has 0 atom stereocenters. The van der Waals surface area contributed by atoms with E-state index in [-0.39, 0.29) is 23.9 Å². The van der Waals surface area contributed by atoms with Crippen LogP contribution in [0.5, 0.6) is 0 Å². The van der Waals surface area contributed by atoms with Gasteiger partial charge in [0.2, 0.25) is 5.91 Å². The molecule has 2 amide bonds. The van der Waals surface area contributed by atoms with E-state index >= 15 is 0 Å². The SMILES string of the molecule is C=CCn1c(CNC(=O)c2ccccc2)nnc1SCC(=O)Nc1cccc(C(F)(F)F)c1. The number of rotatable bonds is 9. The molecule has 0 fully saturated rings. The van der Waals surface area contributed by atoms with Gasteiger partial charge in [0, 0.05) is 17.8 Å². The second-order valence-corrected chi connectivity index (χ2v) is 7.70. The zero-order chi connectivity index (χ0) is 23.8. The Morgan fingerprint density at radius 3 is 2.55 bits per heavy atom. The largest absolute Gasteiger partial charge is 0.416 e. The maximum Gasteiger partial charge on any atom is 0.416 e. The molecule has 0 radical (unpaired) electrons. The van der Waals surface area contributed by atoms with Crippen molar-refractivity contribution in [2.24, 2.45) is 0 Å². The first-order chi connectivity index (χ1) is 15.8. The molecule has 172 valence electrons. The standard InChI is InChI=1S/C22H20F3N5O2S/c1-2-11-30-18(13-26-20(32)15-7-4-3-5-8-15)28-29-21(30)33-14-19(31)27-17-10-6-9-16(12-17)22(23,24)25/h2-10,12H,1,11,13-14H2,(H,26,32)(H,27,31). The van der Waals surface area contributed by atoms with Crippen LogP contribution in [0.4, 0.5) is 18.9 Å². The highest BCUT2D eigenvalue weighted by atomic mass is 32.2. The van der Waals surface area contributed by atoms with Gasteiger partial charge in [-0.2, -0.15) is 13.2 Å². The number of hydrogen-bond donors (Lipinski definition) is 2. The number of thioether (sulfide) groups is 1. The summed E-state index contributed by atoms with van der Waals surface area (Å²) < 4.78 is 40.2. The molecular formula is C22H20F3N5O2S. The Labute approximate surface area is 192 Å². The van der Waals surface area contributed by atoms with Crippen molar-refractivity contribution in [3.05, 3.63) is 84.2 Å². The highest BCUT2D eigenvalue weighted by molar-refractivity contribution is 7.99. The number of carbonyl (C=O) groups excluding carboxylic acids is 2. The molecule has 3 rings (SSSR count). The van der Waals surface area contributed by atoms with Crippen LogP contribution >= 0.6 is 11.8 Å². The summed E-state index contributed by atoms with van der Waals surface area (Å²) in [6.07, 6.45) is -2.87. The number of alkyl halides is 3. The van der Waals surface area contributed by atoms with E-state index in [0.717, 1.165) is 23.9 Å². The fourth-order valence-electron chi connectivity index (χ4n) is 2.82. The maximum absolute atomic E-state index is 12.8. The lowest BCUT2D eigenvalue weighted by molar-refractivity contribution is -0.137. The first-order valence-corrected chi connectivity index (χ1v) is 10.7. The molecule has 2 aromatic carbocycles. The zero-order valence-corrected chi connectivity index (χ0v) is 18.1. The maximum atomic E-state index is 12.8. The van der Waals surface area contributed by atoms with E-state index < -0.39 is 17.6 Å². The second kappa shape index (κ2) is 10.8. The molecule has 0 saturated heterocycles. The van der Waals surface area contributed by atoms with Gasteiger partial charge in [-0.25, -0.2) is 0 Å². The quantitative estimate of drug-likeness (QED) is 0.359. The minimum absolute atomic E-state index is 0.0484. The molecule has 0 unspecified atom stereocenters. The molecule has 3 aromatic rings. The summed E-state index contributed by atoms with van der Waals surface area (Å²) in [6, 6.07) is 13.1. The highest BCUT2D eigenvalue weighted by Gasteiger charge is 2.30. The van der Waals surface area contributed by atoms with Crippen LogP contribution in [-0.4, -0.2) is 32.3 Å². The van der Waals surface area contributed by atoms with Crippen LogP contribution in [0, 0.1) is 0 Å². The smallest absolute Gasteiger partial charge is 0.345 e. The van der Waals surface area contributed by atoms with E-state index in [0.29, 0.717) is 23.1 Å². The molecule has 33 heavy (non-hydrogen) atoms. The van der Waals surface area contributed by atoms with Crippen LogP contribution in [0.3, 0.4) is 0 Å². The molecule has 0 aliphatic heterocycles. The number of halogens is 3. The Morgan fingerprint density at radius 2 is 1.85 bits per heavy atom. The average Bonchev–Trinajstić information content (AvgIpc) is 3.18. The fourth-order valence-corrected chi connectivity index (χ4v) is 3.59. The number of amides is 2. The molecule has 1 heterocycles. The van der Waals surface area contributed by atoms with E-state index in [4.69, 9.17) is 0 Å². The Hall–Kier alpha value is -3.60. The Bertz CT molecular complexity index is 1130. The third-order valence-corrected chi connectivity index (χ3v) is 5.32. The molecule has 0 aliphatic rings. The van der Waals surface area contributed by atoms with E-state index in [1.165, 1.54) is 12.1 Å². The van der Waals surface area contributed by atoms with Crippen LogP contribution in [0.15, 0.2) is 72.4 Å². The van der Waals surface area contributed by atoms with Crippen molar-refractivity contribution in [1.29, 1.82) is 0 Å². The lowest BCUT2D eigenvalue weighted by Gasteiger charge is -2.10. The number of hydrogen-bond acceptors (Lipinski definition) is 5.